The number of nitrogens with one attached hydrogen (secondary N) is 1. The fraction of sp³-hybridized carbons (Fsp3) is 0.217. The van der Waals surface area contributed by atoms with E-state index in [0.29, 0.717) is 39.3 Å². The third kappa shape index (κ3) is 3.55. The molecule has 0 aliphatic heterocycles. The van der Waals surface area contributed by atoms with Crippen molar-refractivity contribution in [3.8, 4) is 23.2 Å². The normalized spacial score (nSPS) is 12.8. The van der Waals surface area contributed by atoms with E-state index in [1.807, 2.05) is 19.9 Å². The molecule has 8 heteroatoms. The van der Waals surface area contributed by atoms with Crippen molar-refractivity contribution in [2.24, 2.45) is 4.99 Å². The van der Waals surface area contributed by atoms with Crippen LogP contribution in [-0.4, -0.2) is 30.6 Å². The van der Waals surface area contributed by atoms with E-state index in [2.05, 4.69) is 26.1 Å². The van der Waals surface area contributed by atoms with Crippen LogP contribution in [0, 0.1) is 31.0 Å². The zero-order valence-corrected chi connectivity index (χ0v) is 17.6. The maximum absolute atomic E-state index is 14.5. The Labute approximate surface area is 178 Å². The van der Waals surface area contributed by atoms with Crippen molar-refractivity contribution in [1.29, 1.82) is 5.26 Å². The number of hydrogen-bond donors (Lipinski definition) is 2. The van der Waals surface area contributed by atoms with Crippen LogP contribution in [0.1, 0.15) is 36.7 Å². The monoisotopic (exact) mass is 416 g/mol. The van der Waals surface area contributed by atoms with Crippen molar-refractivity contribution in [2.45, 2.75) is 33.7 Å². The molecule has 0 aliphatic carbocycles. The molecule has 0 amide bonds. The van der Waals surface area contributed by atoms with Gasteiger partial charge in [0.05, 0.1) is 34.8 Å². The lowest BCUT2D eigenvalue weighted by Crippen LogP contribution is -2.06. The minimum atomic E-state index is -0.414. The Bertz CT molecular complexity index is 1350. The first-order chi connectivity index (χ1) is 14.8. The molecule has 0 saturated carbocycles. The molecular weight excluding hydrogens is 395 g/mol. The summed E-state index contributed by atoms with van der Waals surface area (Å²) in [6.45, 7) is 7.20. The molecule has 0 spiro atoms. The summed E-state index contributed by atoms with van der Waals surface area (Å²) in [5, 5.41) is 24.7. The number of hydrogen-bond acceptors (Lipinski definition) is 5. The number of benzene rings is 1. The molecule has 0 radical (unpaired) electrons. The second kappa shape index (κ2) is 7.69. The van der Waals surface area contributed by atoms with Crippen LogP contribution in [0.15, 0.2) is 41.5 Å². The number of halogens is 1. The molecule has 4 rings (SSSR count). The molecule has 1 aromatic carbocycles. The molecule has 156 valence electrons. The largest absolute Gasteiger partial charge is 0.494 e. The summed E-state index contributed by atoms with van der Waals surface area (Å²) in [6, 6.07) is 10.1. The number of nitrogens with zero attached hydrogens (tertiary/aromatic N) is 5. The van der Waals surface area contributed by atoms with Crippen LogP contribution in [0.25, 0.3) is 22.2 Å². The average Bonchev–Trinajstić information content (AvgIpc) is 3.25. The highest BCUT2D eigenvalue weighted by Gasteiger charge is 2.18. The summed E-state index contributed by atoms with van der Waals surface area (Å²) in [7, 11) is 0. The van der Waals surface area contributed by atoms with Crippen LogP contribution < -0.4 is 0 Å². The topological polar surface area (TPSA) is 103 Å². The molecule has 31 heavy (non-hydrogen) atoms. The van der Waals surface area contributed by atoms with Crippen LogP contribution in [0.2, 0.25) is 0 Å². The molecule has 1 atom stereocenters. The average molecular weight is 416 g/mol. The van der Waals surface area contributed by atoms with Gasteiger partial charge < -0.3 is 10.1 Å². The Morgan fingerprint density at radius 1 is 1.32 bits per heavy atom. The predicted molar refractivity (Wildman–Crippen MR) is 117 cm³/mol. The van der Waals surface area contributed by atoms with Gasteiger partial charge >= 0.3 is 0 Å². The van der Waals surface area contributed by atoms with Crippen LogP contribution >= 0.6 is 0 Å². The number of H-pyrrole nitrogens is 1. The maximum atomic E-state index is 14.5. The molecule has 3 aromatic heterocycles. The van der Waals surface area contributed by atoms with Gasteiger partial charge in [-0.05, 0) is 45.4 Å². The van der Waals surface area contributed by atoms with Gasteiger partial charge in [-0.3, -0.25) is 9.67 Å². The van der Waals surface area contributed by atoms with Crippen molar-refractivity contribution in [2.75, 3.05) is 0 Å². The smallest absolute Gasteiger partial charge is 0.198 e. The Morgan fingerprint density at radius 2 is 2.10 bits per heavy atom. The number of aromatic amines is 1. The van der Waals surface area contributed by atoms with E-state index in [-0.39, 0.29) is 11.7 Å². The first-order valence-corrected chi connectivity index (χ1v) is 9.77. The lowest BCUT2D eigenvalue weighted by Gasteiger charge is -2.07. The van der Waals surface area contributed by atoms with Crippen molar-refractivity contribution in [3.63, 3.8) is 0 Å². The Balaban J connectivity index is 1.83. The number of pyridine rings is 1. The zero-order chi connectivity index (χ0) is 22.3. The Kier molecular flexibility index (Phi) is 5.03. The summed E-state index contributed by atoms with van der Waals surface area (Å²) in [5.41, 5.74) is 4.11. The summed E-state index contributed by atoms with van der Waals surface area (Å²) in [6.07, 6.45) is 1.57. The minimum absolute atomic E-state index is 0.0537. The van der Waals surface area contributed by atoms with E-state index in [1.165, 1.54) is 6.07 Å². The van der Waals surface area contributed by atoms with Gasteiger partial charge in [0.25, 0.3) is 0 Å². The van der Waals surface area contributed by atoms with Crippen molar-refractivity contribution >= 4 is 22.4 Å². The van der Waals surface area contributed by atoms with E-state index >= 15 is 0 Å². The molecule has 2 N–H and O–H groups in total. The highest BCUT2D eigenvalue weighted by molar-refractivity contribution is 6.13. The fourth-order valence-electron chi connectivity index (χ4n) is 3.74. The summed E-state index contributed by atoms with van der Waals surface area (Å²) in [4.78, 5) is 11.8. The molecule has 0 fully saturated rings. The number of nitriles is 1. The molecule has 0 aliphatic rings. The standard InChI is InChI=1S/C23H21FN6O/c1-12-6-5-7-17(24)21(12)18-9-16-19(11-26-18)28-23(31)22(16)15(4)27-20-8-13(2)30(29-20)14(3)10-25/h5-9,11,14,28,31H,1-4H3/t14-/m1/s1. The number of aromatic nitrogens is 4. The second-order valence-corrected chi connectivity index (χ2v) is 7.49. The third-order valence-electron chi connectivity index (χ3n) is 5.25. The highest BCUT2D eigenvalue weighted by Crippen LogP contribution is 2.33. The lowest BCUT2D eigenvalue weighted by molar-refractivity contribution is 0.457. The third-order valence-corrected chi connectivity index (χ3v) is 5.25. The molecule has 0 bridgehead atoms. The Morgan fingerprint density at radius 3 is 2.81 bits per heavy atom. The van der Waals surface area contributed by atoms with E-state index < -0.39 is 6.04 Å². The SMILES string of the molecule is CC(=Nc1cc(C)n([C@H](C)C#N)n1)c1c(O)[nH]c2cnc(-c3c(C)cccc3F)cc12. The molecular formula is C23H21FN6O. The highest BCUT2D eigenvalue weighted by atomic mass is 19.1. The molecule has 3 heterocycles. The van der Waals surface area contributed by atoms with Crippen molar-refractivity contribution in [1.82, 2.24) is 19.7 Å². The van der Waals surface area contributed by atoms with Crippen molar-refractivity contribution in [3.05, 3.63) is 59.2 Å². The van der Waals surface area contributed by atoms with Gasteiger partial charge in [-0.2, -0.15) is 10.4 Å². The van der Waals surface area contributed by atoms with Crippen molar-refractivity contribution < 1.29 is 9.50 Å². The Hall–Kier alpha value is -3.99. The first kappa shape index (κ1) is 20.3. The predicted octanol–water partition coefficient (Wildman–Crippen LogP) is 5.11. The quantitative estimate of drug-likeness (QED) is 0.451. The number of fused-ring (bicyclic) bond motifs is 1. The van der Waals surface area contributed by atoms with Gasteiger partial charge in [0, 0.05) is 22.7 Å². The van der Waals surface area contributed by atoms with Gasteiger partial charge in [0.1, 0.15) is 11.9 Å². The van der Waals surface area contributed by atoms with Gasteiger partial charge in [0.2, 0.25) is 0 Å². The van der Waals surface area contributed by atoms with E-state index in [0.717, 1.165) is 11.3 Å². The lowest BCUT2D eigenvalue weighted by atomic mass is 10.0. The van der Waals surface area contributed by atoms with Gasteiger partial charge in [-0.25, -0.2) is 9.38 Å². The van der Waals surface area contributed by atoms with E-state index in [9.17, 15) is 9.50 Å². The number of rotatable bonds is 4. The minimum Gasteiger partial charge on any atom is -0.494 e. The number of aromatic hydroxyl groups is 1. The van der Waals surface area contributed by atoms with Gasteiger partial charge in [-0.1, -0.05) is 12.1 Å². The molecule has 4 aromatic rings. The van der Waals surface area contributed by atoms with E-state index in [1.54, 1.807) is 42.9 Å². The molecule has 0 saturated heterocycles. The fourth-order valence-corrected chi connectivity index (χ4v) is 3.74. The molecule has 0 unspecified atom stereocenters. The first-order valence-electron chi connectivity index (χ1n) is 9.77. The number of aliphatic imine (C=N–C) groups is 1. The van der Waals surface area contributed by atoms with Crippen LogP contribution in [-0.2, 0) is 0 Å². The zero-order valence-electron chi connectivity index (χ0n) is 17.6. The van der Waals surface area contributed by atoms with Crippen LogP contribution in [0.4, 0.5) is 10.2 Å². The summed E-state index contributed by atoms with van der Waals surface area (Å²) < 4.78 is 16.1. The molecule has 7 nitrogen and oxygen atoms in total. The second-order valence-electron chi connectivity index (χ2n) is 7.49. The summed E-state index contributed by atoms with van der Waals surface area (Å²) >= 11 is 0. The van der Waals surface area contributed by atoms with E-state index in [4.69, 9.17) is 5.26 Å². The maximum Gasteiger partial charge on any atom is 0.198 e. The van der Waals surface area contributed by atoms with Gasteiger partial charge in [-0.15, -0.1) is 0 Å². The van der Waals surface area contributed by atoms with Crippen LogP contribution in [0.5, 0.6) is 5.88 Å². The number of aryl methyl sites for hydroxylation is 2. The van der Waals surface area contributed by atoms with Gasteiger partial charge in [0.15, 0.2) is 11.7 Å². The summed E-state index contributed by atoms with van der Waals surface area (Å²) in [5.74, 6) is 0.0262. The van der Waals surface area contributed by atoms with Crippen LogP contribution in [0.3, 0.4) is 0 Å².